The SMILES string of the molecule is O=C1c2ccc3c4c(ccc(c24)C(=O)N1c1c(F)c(F)c(F)c(F)c1F)C(=O)N(c1c(F)c(F)c(F)c(F)c1F)C3=O. The van der Waals surface area contributed by atoms with Crippen LogP contribution in [0.1, 0.15) is 41.4 Å². The molecule has 0 atom stereocenters. The number of rotatable bonds is 2. The number of benzene rings is 4. The van der Waals surface area contributed by atoms with Crippen molar-refractivity contribution in [2.45, 2.75) is 0 Å². The van der Waals surface area contributed by atoms with E-state index in [-0.39, 0.29) is 9.80 Å². The molecule has 42 heavy (non-hydrogen) atoms. The molecule has 0 aliphatic carbocycles. The summed E-state index contributed by atoms with van der Waals surface area (Å²) in [6, 6.07) is 2.90. The van der Waals surface area contributed by atoms with E-state index in [9.17, 15) is 63.1 Å². The van der Waals surface area contributed by atoms with Crippen molar-refractivity contribution < 1.29 is 63.1 Å². The lowest BCUT2D eigenvalue weighted by atomic mass is 9.85. The van der Waals surface area contributed by atoms with E-state index in [0.717, 1.165) is 24.3 Å². The minimum Gasteiger partial charge on any atom is -0.268 e. The normalized spacial score (nSPS) is 14.5. The monoisotopic (exact) mass is 598 g/mol. The standard InChI is InChI=1S/C26H4F10N2O4/c27-11-13(29)17(33)21(18(34)14(11)30)37-23(39)5-1-2-6-10-8(4-3-7(9(5)10)25(37)41)26(42)38(24(6)40)22-19(35)15(31)12(28)16(32)20(22)36/h1-4H. The molecule has 4 amide bonds. The minimum atomic E-state index is -2.57. The van der Waals surface area contributed by atoms with Gasteiger partial charge >= 0.3 is 0 Å². The molecule has 2 aliphatic heterocycles. The third kappa shape index (κ3) is 3.11. The summed E-state index contributed by atoms with van der Waals surface area (Å²) in [5, 5.41) is -1.06. The first kappa shape index (κ1) is 26.9. The Bertz CT molecular complexity index is 1770. The molecule has 0 unspecified atom stereocenters. The van der Waals surface area contributed by atoms with Crippen molar-refractivity contribution in [3.8, 4) is 0 Å². The maximum atomic E-state index is 14.5. The molecular formula is C26H4F10N2O4. The van der Waals surface area contributed by atoms with Gasteiger partial charge in [0.2, 0.25) is 11.6 Å². The fraction of sp³-hybridized carbons (Fsp3) is 0. The van der Waals surface area contributed by atoms with Crippen LogP contribution in [0.4, 0.5) is 55.3 Å². The van der Waals surface area contributed by atoms with Crippen LogP contribution in [0.15, 0.2) is 24.3 Å². The number of anilines is 2. The Labute approximate surface area is 223 Å². The van der Waals surface area contributed by atoms with E-state index in [4.69, 9.17) is 0 Å². The average molecular weight is 598 g/mol. The van der Waals surface area contributed by atoms with Gasteiger partial charge < -0.3 is 0 Å². The average Bonchev–Trinajstić information content (AvgIpc) is 2.97. The van der Waals surface area contributed by atoms with E-state index in [1.165, 1.54) is 0 Å². The third-order valence-electron chi connectivity index (χ3n) is 6.72. The van der Waals surface area contributed by atoms with Crippen LogP contribution < -0.4 is 9.80 Å². The second-order valence-electron chi connectivity index (χ2n) is 8.80. The Balaban J connectivity index is 1.58. The van der Waals surface area contributed by atoms with E-state index >= 15 is 0 Å². The summed E-state index contributed by atoms with van der Waals surface area (Å²) in [7, 11) is 0. The Morgan fingerprint density at radius 3 is 0.738 bits per heavy atom. The van der Waals surface area contributed by atoms with Gasteiger partial charge in [0, 0.05) is 33.0 Å². The lowest BCUT2D eigenvalue weighted by Crippen LogP contribution is -2.44. The van der Waals surface area contributed by atoms with Crippen molar-refractivity contribution in [1.29, 1.82) is 0 Å². The van der Waals surface area contributed by atoms with Crippen LogP contribution in [0.25, 0.3) is 10.8 Å². The maximum absolute atomic E-state index is 14.5. The molecule has 4 aromatic carbocycles. The number of carbonyl (C=O) groups excluding carboxylic acids is 4. The zero-order valence-electron chi connectivity index (χ0n) is 19.6. The molecule has 0 radical (unpaired) electrons. The third-order valence-corrected chi connectivity index (χ3v) is 6.72. The fourth-order valence-corrected chi connectivity index (χ4v) is 4.86. The summed E-state index contributed by atoms with van der Waals surface area (Å²) in [5.41, 5.74) is -6.55. The number of hydrogen-bond acceptors (Lipinski definition) is 4. The molecule has 2 aliphatic rings. The topological polar surface area (TPSA) is 74.8 Å². The largest absolute Gasteiger partial charge is 0.268 e. The molecule has 4 aromatic rings. The second kappa shape index (κ2) is 8.61. The molecule has 2 heterocycles. The smallest absolute Gasteiger partial charge is 0.266 e. The molecule has 0 spiro atoms. The second-order valence-corrected chi connectivity index (χ2v) is 8.80. The molecule has 0 saturated heterocycles. The van der Waals surface area contributed by atoms with Crippen molar-refractivity contribution in [2.75, 3.05) is 9.80 Å². The lowest BCUT2D eigenvalue weighted by molar-refractivity contribution is 0.0870. The summed E-state index contributed by atoms with van der Waals surface area (Å²) < 4.78 is 141. The van der Waals surface area contributed by atoms with Gasteiger partial charge in [-0.25, -0.2) is 53.7 Å². The molecule has 0 saturated carbocycles. The van der Waals surface area contributed by atoms with E-state index < -0.39 is 126 Å². The number of nitrogens with zero attached hydrogens (tertiary/aromatic N) is 2. The van der Waals surface area contributed by atoms with Crippen LogP contribution >= 0.6 is 0 Å². The molecular weight excluding hydrogens is 594 g/mol. The van der Waals surface area contributed by atoms with Gasteiger partial charge in [0.05, 0.1) is 0 Å². The Hall–Kier alpha value is -5.28. The maximum Gasteiger partial charge on any atom is 0.266 e. The summed E-state index contributed by atoms with van der Waals surface area (Å²) in [6.45, 7) is 0. The van der Waals surface area contributed by atoms with Crippen molar-refractivity contribution >= 4 is 45.8 Å². The number of carbonyl (C=O) groups is 4. The van der Waals surface area contributed by atoms with Crippen LogP contribution in [0.2, 0.25) is 0 Å². The zero-order chi connectivity index (χ0) is 30.7. The number of halogens is 10. The van der Waals surface area contributed by atoms with Gasteiger partial charge in [0.25, 0.3) is 23.6 Å². The minimum absolute atomic E-state index is 0.344. The Morgan fingerprint density at radius 1 is 0.333 bits per heavy atom. The summed E-state index contributed by atoms with van der Waals surface area (Å²) in [4.78, 5) is 52.3. The molecule has 0 fully saturated rings. The van der Waals surface area contributed by atoms with Gasteiger partial charge in [-0.1, -0.05) is 0 Å². The highest BCUT2D eigenvalue weighted by atomic mass is 19.2. The van der Waals surface area contributed by atoms with E-state index in [1.807, 2.05) is 0 Å². The fourth-order valence-electron chi connectivity index (χ4n) is 4.86. The predicted octanol–water partition coefficient (Wildman–Crippen LogP) is 5.83. The highest BCUT2D eigenvalue weighted by Gasteiger charge is 2.45. The highest BCUT2D eigenvalue weighted by molar-refractivity contribution is 6.42. The zero-order valence-corrected chi connectivity index (χ0v) is 19.6. The summed E-state index contributed by atoms with van der Waals surface area (Å²) in [5.74, 6) is -31.7. The summed E-state index contributed by atoms with van der Waals surface area (Å²) >= 11 is 0. The Morgan fingerprint density at radius 2 is 0.524 bits per heavy atom. The highest BCUT2D eigenvalue weighted by Crippen LogP contribution is 2.43. The van der Waals surface area contributed by atoms with Gasteiger partial charge in [-0.2, -0.15) is 0 Å². The lowest BCUT2D eigenvalue weighted by Gasteiger charge is -2.32. The number of hydrogen-bond donors (Lipinski definition) is 0. The van der Waals surface area contributed by atoms with Crippen LogP contribution in [0.3, 0.4) is 0 Å². The van der Waals surface area contributed by atoms with Crippen molar-refractivity contribution in [3.05, 3.63) is 105 Å². The molecule has 16 heteroatoms. The van der Waals surface area contributed by atoms with Gasteiger partial charge in [0.1, 0.15) is 11.4 Å². The molecule has 6 nitrogen and oxygen atoms in total. The van der Waals surface area contributed by atoms with Gasteiger partial charge in [0.15, 0.2) is 46.5 Å². The van der Waals surface area contributed by atoms with Crippen LogP contribution in [0.5, 0.6) is 0 Å². The quantitative estimate of drug-likeness (QED) is 0.126. The van der Waals surface area contributed by atoms with Gasteiger partial charge in [-0.05, 0) is 24.3 Å². The first-order valence-electron chi connectivity index (χ1n) is 11.1. The number of amides is 4. The molecule has 0 aromatic heterocycles. The first-order chi connectivity index (χ1) is 19.7. The van der Waals surface area contributed by atoms with Crippen LogP contribution in [-0.4, -0.2) is 23.6 Å². The van der Waals surface area contributed by atoms with Gasteiger partial charge in [-0.15, -0.1) is 0 Å². The van der Waals surface area contributed by atoms with Gasteiger partial charge in [-0.3, -0.25) is 19.2 Å². The molecule has 0 N–H and O–H groups in total. The van der Waals surface area contributed by atoms with Crippen molar-refractivity contribution in [2.24, 2.45) is 0 Å². The van der Waals surface area contributed by atoms with Crippen molar-refractivity contribution in [3.63, 3.8) is 0 Å². The predicted molar refractivity (Wildman–Crippen MR) is 119 cm³/mol. The first-order valence-corrected chi connectivity index (χ1v) is 11.1. The van der Waals surface area contributed by atoms with Crippen molar-refractivity contribution in [1.82, 2.24) is 0 Å². The van der Waals surface area contributed by atoms with E-state index in [1.54, 1.807) is 0 Å². The molecule has 0 bridgehead atoms. The van der Waals surface area contributed by atoms with Crippen LogP contribution in [0, 0.1) is 58.2 Å². The molecule has 6 rings (SSSR count). The summed E-state index contributed by atoms with van der Waals surface area (Å²) in [6.07, 6.45) is 0. The number of imide groups is 2. The Kier molecular flexibility index (Phi) is 5.52. The molecule has 212 valence electrons. The van der Waals surface area contributed by atoms with E-state index in [0.29, 0.717) is 0 Å². The van der Waals surface area contributed by atoms with Crippen LogP contribution in [-0.2, 0) is 0 Å². The van der Waals surface area contributed by atoms with E-state index in [2.05, 4.69) is 0 Å².